The Morgan fingerprint density at radius 2 is 2.06 bits per heavy atom. The third-order valence-electron chi connectivity index (χ3n) is 4.62. The average Bonchev–Trinajstić information content (AvgIpc) is 2.68. The molecule has 0 aromatic carbocycles. The predicted octanol–water partition coefficient (Wildman–Crippen LogP) is 0.989. The number of piperidine rings is 1. The number of likely N-dealkylation sites (tertiary alicyclic amines) is 1. The predicted molar refractivity (Wildman–Crippen MR) is 72.7 cm³/mol. The topological polar surface area (TPSA) is 44.7 Å². The zero-order valence-corrected chi connectivity index (χ0v) is 12.0. The van der Waals surface area contributed by atoms with Crippen molar-refractivity contribution in [3.8, 4) is 0 Å². The molecule has 0 bridgehead atoms. The van der Waals surface area contributed by atoms with Gasteiger partial charge in [0.15, 0.2) is 0 Å². The van der Waals surface area contributed by atoms with E-state index >= 15 is 0 Å². The minimum absolute atomic E-state index is 0.0410. The van der Waals surface area contributed by atoms with E-state index in [1.807, 2.05) is 6.92 Å². The zero-order chi connectivity index (χ0) is 13.2. The minimum atomic E-state index is -0.658. The third kappa shape index (κ3) is 3.23. The highest BCUT2D eigenvalue weighted by Crippen LogP contribution is 2.25. The van der Waals surface area contributed by atoms with Crippen molar-refractivity contribution >= 4 is 0 Å². The average molecular weight is 256 g/mol. The van der Waals surface area contributed by atoms with Gasteiger partial charge in [0.25, 0.3) is 0 Å². The SMILES string of the molecule is CC(C)N1CCC(NCC2(O)CCOC2C)CC1. The van der Waals surface area contributed by atoms with Crippen LogP contribution in [0.15, 0.2) is 0 Å². The Bertz CT molecular complexity index is 265. The second-order valence-electron chi connectivity index (χ2n) is 6.15. The highest BCUT2D eigenvalue weighted by molar-refractivity contribution is 4.93. The van der Waals surface area contributed by atoms with Crippen LogP contribution in [0.3, 0.4) is 0 Å². The second kappa shape index (κ2) is 5.87. The Kier molecular flexibility index (Phi) is 4.64. The van der Waals surface area contributed by atoms with Crippen molar-refractivity contribution < 1.29 is 9.84 Å². The van der Waals surface area contributed by atoms with Crippen molar-refractivity contribution in [1.29, 1.82) is 0 Å². The number of rotatable bonds is 4. The fourth-order valence-electron chi connectivity index (χ4n) is 2.94. The highest BCUT2D eigenvalue weighted by atomic mass is 16.5. The molecule has 4 nitrogen and oxygen atoms in total. The lowest BCUT2D eigenvalue weighted by molar-refractivity contribution is -0.0289. The Labute approximate surface area is 111 Å². The van der Waals surface area contributed by atoms with Crippen molar-refractivity contribution in [2.75, 3.05) is 26.2 Å². The van der Waals surface area contributed by atoms with Gasteiger partial charge in [0, 0.05) is 31.7 Å². The molecule has 2 fully saturated rings. The highest BCUT2D eigenvalue weighted by Gasteiger charge is 2.39. The molecule has 4 heteroatoms. The largest absolute Gasteiger partial charge is 0.386 e. The molecule has 2 heterocycles. The molecule has 2 unspecified atom stereocenters. The van der Waals surface area contributed by atoms with Crippen LogP contribution < -0.4 is 5.32 Å². The maximum atomic E-state index is 10.4. The number of ether oxygens (including phenoxy) is 1. The summed E-state index contributed by atoms with van der Waals surface area (Å²) < 4.78 is 5.46. The summed E-state index contributed by atoms with van der Waals surface area (Å²) in [6.07, 6.45) is 3.08. The molecule has 2 aliphatic heterocycles. The molecule has 0 aromatic rings. The second-order valence-corrected chi connectivity index (χ2v) is 6.15. The van der Waals surface area contributed by atoms with Gasteiger partial charge in [-0.25, -0.2) is 0 Å². The van der Waals surface area contributed by atoms with E-state index < -0.39 is 5.60 Å². The molecule has 0 aromatic heterocycles. The van der Waals surface area contributed by atoms with Crippen LogP contribution in [-0.4, -0.2) is 60.0 Å². The molecule has 0 radical (unpaired) electrons. The van der Waals surface area contributed by atoms with Gasteiger partial charge in [-0.2, -0.15) is 0 Å². The van der Waals surface area contributed by atoms with Crippen molar-refractivity contribution in [2.24, 2.45) is 0 Å². The van der Waals surface area contributed by atoms with Gasteiger partial charge in [-0.3, -0.25) is 0 Å². The summed E-state index contributed by atoms with van der Waals surface area (Å²) in [5.74, 6) is 0. The monoisotopic (exact) mass is 256 g/mol. The smallest absolute Gasteiger partial charge is 0.105 e. The van der Waals surface area contributed by atoms with Crippen molar-refractivity contribution in [3.05, 3.63) is 0 Å². The first kappa shape index (κ1) is 14.3. The summed E-state index contributed by atoms with van der Waals surface area (Å²) in [6, 6.07) is 1.20. The Balaban J connectivity index is 1.72. The van der Waals surface area contributed by atoms with Crippen molar-refractivity contribution in [1.82, 2.24) is 10.2 Å². The van der Waals surface area contributed by atoms with E-state index in [0.29, 0.717) is 25.2 Å². The lowest BCUT2D eigenvalue weighted by atomic mass is 9.95. The van der Waals surface area contributed by atoms with E-state index in [2.05, 4.69) is 24.1 Å². The van der Waals surface area contributed by atoms with E-state index in [1.54, 1.807) is 0 Å². The lowest BCUT2D eigenvalue weighted by Crippen LogP contribution is -2.51. The van der Waals surface area contributed by atoms with Gasteiger partial charge >= 0.3 is 0 Å². The number of nitrogens with zero attached hydrogens (tertiary/aromatic N) is 1. The molecule has 2 saturated heterocycles. The summed E-state index contributed by atoms with van der Waals surface area (Å²) in [4.78, 5) is 2.52. The molecular weight excluding hydrogens is 228 g/mol. The standard InChI is InChI=1S/C14H28N2O2/c1-11(2)16-7-4-13(5-8-16)15-10-14(17)6-9-18-12(14)3/h11-13,15,17H,4-10H2,1-3H3. The maximum Gasteiger partial charge on any atom is 0.105 e. The molecule has 0 aliphatic carbocycles. The van der Waals surface area contributed by atoms with Gasteiger partial charge in [-0.05, 0) is 46.7 Å². The molecule has 0 spiro atoms. The molecule has 2 rings (SSSR count). The maximum absolute atomic E-state index is 10.4. The van der Waals surface area contributed by atoms with E-state index in [4.69, 9.17) is 4.74 Å². The quantitative estimate of drug-likeness (QED) is 0.787. The van der Waals surface area contributed by atoms with E-state index in [1.165, 1.54) is 25.9 Å². The Hall–Kier alpha value is -0.160. The molecule has 2 atom stereocenters. The van der Waals surface area contributed by atoms with Crippen molar-refractivity contribution in [3.63, 3.8) is 0 Å². The fourth-order valence-corrected chi connectivity index (χ4v) is 2.94. The van der Waals surface area contributed by atoms with Gasteiger partial charge in [0.05, 0.1) is 6.10 Å². The summed E-state index contributed by atoms with van der Waals surface area (Å²) in [7, 11) is 0. The molecule has 0 amide bonds. The molecule has 2 aliphatic rings. The van der Waals surface area contributed by atoms with Crippen LogP contribution in [0.25, 0.3) is 0 Å². The van der Waals surface area contributed by atoms with Gasteiger partial charge in [0.2, 0.25) is 0 Å². The first-order chi connectivity index (χ1) is 8.51. The first-order valence-corrected chi connectivity index (χ1v) is 7.33. The fraction of sp³-hybridized carbons (Fsp3) is 1.00. The van der Waals surface area contributed by atoms with Gasteiger partial charge < -0.3 is 20.1 Å². The van der Waals surface area contributed by atoms with Gasteiger partial charge in [-0.1, -0.05) is 0 Å². The lowest BCUT2D eigenvalue weighted by Gasteiger charge is -2.36. The number of hydrogen-bond acceptors (Lipinski definition) is 4. The summed E-state index contributed by atoms with van der Waals surface area (Å²) >= 11 is 0. The number of hydrogen-bond donors (Lipinski definition) is 2. The number of nitrogens with one attached hydrogen (secondary N) is 1. The summed E-state index contributed by atoms with van der Waals surface area (Å²) in [6.45, 7) is 10.2. The summed E-state index contributed by atoms with van der Waals surface area (Å²) in [5.41, 5.74) is -0.658. The zero-order valence-electron chi connectivity index (χ0n) is 12.0. The van der Waals surface area contributed by atoms with Crippen LogP contribution in [-0.2, 0) is 4.74 Å². The summed E-state index contributed by atoms with van der Waals surface area (Å²) in [5, 5.41) is 14.0. The van der Waals surface area contributed by atoms with Crippen LogP contribution >= 0.6 is 0 Å². The molecular formula is C14H28N2O2. The number of aliphatic hydroxyl groups is 1. The van der Waals surface area contributed by atoms with E-state index in [9.17, 15) is 5.11 Å². The van der Waals surface area contributed by atoms with E-state index in [-0.39, 0.29) is 6.10 Å². The first-order valence-electron chi connectivity index (χ1n) is 7.33. The Morgan fingerprint density at radius 1 is 1.39 bits per heavy atom. The van der Waals surface area contributed by atoms with Gasteiger partial charge in [-0.15, -0.1) is 0 Å². The normalized spacial score (nSPS) is 35.5. The van der Waals surface area contributed by atoms with Crippen LogP contribution in [0.5, 0.6) is 0 Å². The van der Waals surface area contributed by atoms with Crippen LogP contribution in [0.1, 0.15) is 40.0 Å². The van der Waals surface area contributed by atoms with E-state index in [0.717, 1.165) is 6.42 Å². The minimum Gasteiger partial charge on any atom is -0.386 e. The van der Waals surface area contributed by atoms with Crippen molar-refractivity contribution in [2.45, 2.75) is 63.8 Å². The molecule has 0 saturated carbocycles. The molecule has 2 N–H and O–H groups in total. The van der Waals surface area contributed by atoms with Crippen LogP contribution in [0, 0.1) is 0 Å². The van der Waals surface area contributed by atoms with Gasteiger partial charge in [0.1, 0.15) is 5.60 Å². The Morgan fingerprint density at radius 3 is 2.56 bits per heavy atom. The third-order valence-corrected chi connectivity index (χ3v) is 4.62. The van der Waals surface area contributed by atoms with Crippen LogP contribution in [0.2, 0.25) is 0 Å². The molecule has 18 heavy (non-hydrogen) atoms. The van der Waals surface area contributed by atoms with Crippen LogP contribution in [0.4, 0.5) is 0 Å². The molecule has 106 valence electrons.